The number of aromatic nitrogens is 1. The number of piperidine rings is 1. The third-order valence-electron chi connectivity index (χ3n) is 6.32. The maximum absolute atomic E-state index is 12.7. The van der Waals surface area contributed by atoms with Gasteiger partial charge in [0.1, 0.15) is 5.56 Å². The molecule has 196 valence electrons. The van der Waals surface area contributed by atoms with Gasteiger partial charge in [0.05, 0.1) is 30.1 Å². The zero-order chi connectivity index (χ0) is 26.6. The minimum absolute atomic E-state index is 0.183. The number of nitrogens with zero attached hydrogens (tertiary/aromatic N) is 2. The number of aliphatic hydroxyl groups excluding tert-OH is 1. The molecule has 2 fully saturated rings. The second-order valence-electron chi connectivity index (χ2n) is 8.86. The van der Waals surface area contributed by atoms with Crippen molar-refractivity contribution in [2.45, 2.75) is 50.3 Å². The summed E-state index contributed by atoms with van der Waals surface area (Å²) in [7, 11) is 3.59. The van der Waals surface area contributed by atoms with Crippen LogP contribution in [0.3, 0.4) is 0 Å². The summed E-state index contributed by atoms with van der Waals surface area (Å²) >= 11 is 0. The number of aliphatic hydroxyl groups is 1. The van der Waals surface area contributed by atoms with Crippen LogP contribution in [0, 0.1) is 0 Å². The number of pyridine rings is 1. The Labute approximate surface area is 206 Å². The molecule has 4 rings (SSSR count). The van der Waals surface area contributed by atoms with Gasteiger partial charge in [-0.1, -0.05) is 0 Å². The van der Waals surface area contributed by atoms with Crippen LogP contribution in [0.4, 0.5) is 5.69 Å². The van der Waals surface area contributed by atoms with Crippen molar-refractivity contribution in [3.05, 3.63) is 34.1 Å². The van der Waals surface area contributed by atoms with Crippen molar-refractivity contribution in [1.29, 1.82) is 0 Å². The number of ether oxygens (including phenoxy) is 1. The molecule has 0 amide bonds. The first-order valence-corrected chi connectivity index (χ1v) is 11.6. The normalized spacial score (nSPS) is 18.2. The number of benzene rings is 1. The molecule has 1 saturated heterocycles. The Balaban J connectivity index is 0.000000345. The Morgan fingerprint density at radius 2 is 1.86 bits per heavy atom. The van der Waals surface area contributed by atoms with Crippen LogP contribution < -0.4 is 20.4 Å². The van der Waals surface area contributed by atoms with E-state index < -0.39 is 35.9 Å². The summed E-state index contributed by atoms with van der Waals surface area (Å²) in [6, 6.07) is 4.29. The molecular formula is C24H31N3O9. The fraction of sp³-hybridized carbons (Fsp3) is 0.500. The van der Waals surface area contributed by atoms with Gasteiger partial charge < -0.3 is 39.9 Å². The van der Waals surface area contributed by atoms with Crippen molar-refractivity contribution in [3.63, 3.8) is 0 Å². The van der Waals surface area contributed by atoms with Crippen molar-refractivity contribution in [1.82, 2.24) is 9.88 Å². The summed E-state index contributed by atoms with van der Waals surface area (Å²) in [5.74, 6) is -3.38. The van der Waals surface area contributed by atoms with Crippen molar-refractivity contribution in [3.8, 4) is 5.75 Å². The number of anilines is 1. The Bertz CT molecular complexity index is 1210. The van der Waals surface area contributed by atoms with E-state index >= 15 is 0 Å². The molecule has 1 aromatic heterocycles. The van der Waals surface area contributed by atoms with E-state index in [1.54, 1.807) is 13.2 Å². The van der Waals surface area contributed by atoms with Crippen LogP contribution in [0.25, 0.3) is 10.9 Å². The Kier molecular flexibility index (Phi) is 8.53. The van der Waals surface area contributed by atoms with Gasteiger partial charge in [-0.2, -0.15) is 0 Å². The molecule has 1 saturated carbocycles. The molecule has 2 heterocycles. The first-order valence-electron chi connectivity index (χ1n) is 11.6. The zero-order valence-electron chi connectivity index (χ0n) is 20.1. The monoisotopic (exact) mass is 505 g/mol. The number of nitrogens with one attached hydrogen (secondary N) is 1. The van der Waals surface area contributed by atoms with Crippen LogP contribution in [0.15, 0.2) is 23.1 Å². The highest BCUT2D eigenvalue weighted by Crippen LogP contribution is 2.42. The zero-order valence-corrected chi connectivity index (χ0v) is 20.1. The van der Waals surface area contributed by atoms with Crippen molar-refractivity contribution in [2.24, 2.45) is 0 Å². The average molecular weight is 506 g/mol. The van der Waals surface area contributed by atoms with Gasteiger partial charge in [-0.15, -0.1) is 0 Å². The second-order valence-corrected chi connectivity index (χ2v) is 8.86. The van der Waals surface area contributed by atoms with Crippen LogP contribution in [-0.4, -0.2) is 82.3 Å². The molecule has 0 bridgehead atoms. The highest BCUT2D eigenvalue weighted by molar-refractivity contribution is 5.97. The van der Waals surface area contributed by atoms with Crippen LogP contribution in [0.5, 0.6) is 5.75 Å². The third kappa shape index (κ3) is 5.94. The number of hydrogen-bond acceptors (Lipinski definition) is 8. The molecule has 2 atom stereocenters. The Morgan fingerprint density at radius 1 is 1.17 bits per heavy atom. The van der Waals surface area contributed by atoms with E-state index in [4.69, 9.17) is 20.1 Å². The SMILES string of the molecule is CN[C@H]1CCCN(c2ccc3c(=O)c(C(=O)O)cn(C4CC4)c3c2OC)C1.O=C(O)CC(O)C(=O)O. The summed E-state index contributed by atoms with van der Waals surface area (Å²) in [6.45, 7) is 1.81. The lowest BCUT2D eigenvalue weighted by atomic mass is 10.0. The van der Waals surface area contributed by atoms with Crippen LogP contribution in [0.1, 0.15) is 48.5 Å². The minimum atomic E-state index is -1.79. The molecule has 2 aromatic rings. The molecule has 1 unspecified atom stereocenters. The topological polar surface area (TPSA) is 179 Å². The lowest BCUT2D eigenvalue weighted by molar-refractivity contribution is -0.152. The number of aliphatic carboxylic acids is 2. The van der Waals surface area contributed by atoms with E-state index in [0.29, 0.717) is 22.7 Å². The molecule has 12 heteroatoms. The van der Waals surface area contributed by atoms with E-state index in [2.05, 4.69) is 10.2 Å². The van der Waals surface area contributed by atoms with Gasteiger partial charge in [0, 0.05) is 31.4 Å². The van der Waals surface area contributed by atoms with Gasteiger partial charge in [-0.05, 0) is 44.9 Å². The average Bonchev–Trinajstić information content (AvgIpc) is 3.68. The fourth-order valence-electron chi connectivity index (χ4n) is 4.34. The first-order chi connectivity index (χ1) is 17.1. The maximum Gasteiger partial charge on any atom is 0.341 e. The van der Waals surface area contributed by atoms with Crippen LogP contribution in [-0.2, 0) is 9.59 Å². The lowest BCUT2D eigenvalue weighted by Gasteiger charge is -2.35. The number of carboxylic acid groups (broad SMARTS) is 3. The summed E-state index contributed by atoms with van der Waals surface area (Å²) < 4.78 is 7.72. The van der Waals surface area contributed by atoms with E-state index in [9.17, 15) is 24.3 Å². The van der Waals surface area contributed by atoms with E-state index in [0.717, 1.165) is 44.5 Å². The second kappa shape index (κ2) is 11.4. The van der Waals surface area contributed by atoms with E-state index in [1.165, 1.54) is 6.20 Å². The number of methoxy groups -OCH3 is 1. The van der Waals surface area contributed by atoms with Gasteiger partial charge in [0.2, 0.25) is 5.43 Å². The summed E-state index contributed by atoms with van der Waals surface area (Å²) in [5.41, 5.74) is 1.03. The summed E-state index contributed by atoms with van der Waals surface area (Å²) in [6.07, 6.45) is 3.13. The third-order valence-corrected chi connectivity index (χ3v) is 6.32. The van der Waals surface area contributed by atoms with Crippen LogP contribution in [0.2, 0.25) is 0 Å². The van der Waals surface area contributed by atoms with E-state index in [-0.39, 0.29) is 11.6 Å². The largest absolute Gasteiger partial charge is 0.492 e. The standard InChI is InChI=1S/C20H25N3O4.C4H6O5/c1-21-12-4-3-9-22(10-12)16-8-7-14-17(19(16)27-2)23(13-5-6-13)11-15(18(14)24)20(25)26;5-2(4(8)9)1-3(6)7/h7-8,11-13,21H,3-6,9-10H2,1-2H3,(H,25,26);2,5H,1H2,(H,6,7)(H,8,9)/t12-;/m0./s1. The number of aromatic carboxylic acids is 1. The van der Waals surface area contributed by atoms with Crippen molar-refractivity contribution in [2.75, 3.05) is 32.1 Å². The highest BCUT2D eigenvalue weighted by atomic mass is 16.5. The Morgan fingerprint density at radius 3 is 2.36 bits per heavy atom. The molecule has 12 nitrogen and oxygen atoms in total. The van der Waals surface area contributed by atoms with Crippen LogP contribution >= 0.6 is 0 Å². The van der Waals surface area contributed by atoms with Crippen molar-refractivity contribution >= 4 is 34.5 Å². The maximum atomic E-state index is 12.7. The molecular weight excluding hydrogens is 474 g/mol. The fourth-order valence-corrected chi connectivity index (χ4v) is 4.34. The number of carbonyl (C=O) groups is 3. The van der Waals surface area contributed by atoms with Gasteiger partial charge in [-0.25, -0.2) is 9.59 Å². The molecule has 2 aliphatic rings. The molecule has 1 aliphatic carbocycles. The number of hydrogen-bond donors (Lipinski definition) is 5. The van der Waals surface area contributed by atoms with Gasteiger partial charge in [0.15, 0.2) is 11.9 Å². The molecule has 0 spiro atoms. The highest BCUT2D eigenvalue weighted by Gasteiger charge is 2.30. The van der Waals surface area contributed by atoms with Crippen molar-refractivity contribution < 1.29 is 39.5 Å². The van der Waals surface area contributed by atoms with Gasteiger partial charge in [0.25, 0.3) is 0 Å². The predicted molar refractivity (Wildman–Crippen MR) is 130 cm³/mol. The number of likely N-dealkylation sites (N-methyl/N-ethyl adjacent to an activating group) is 1. The quantitative estimate of drug-likeness (QED) is 0.347. The number of carboxylic acids is 3. The molecule has 1 aliphatic heterocycles. The summed E-state index contributed by atoms with van der Waals surface area (Å²) in [5, 5.41) is 37.3. The van der Waals surface area contributed by atoms with Gasteiger partial charge in [-0.3, -0.25) is 9.59 Å². The molecule has 5 N–H and O–H groups in total. The predicted octanol–water partition coefficient (Wildman–Crippen LogP) is 1.14. The summed E-state index contributed by atoms with van der Waals surface area (Å²) in [4.78, 5) is 46.0. The minimum Gasteiger partial charge on any atom is -0.492 e. The lowest BCUT2D eigenvalue weighted by Crippen LogP contribution is -2.44. The van der Waals surface area contributed by atoms with E-state index in [1.807, 2.05) is 17.7 Å². The number of fused-ring (bicyclic) bond motifs is 1. The molecule has 36 heavy (non-hydrogen) atoms. The molecule has 1 aromatic carbocycles. The number of rotatable bonds is 8. The molecule has 0 radical (unpaired) electrons. The first kappa shape index (κ1) is 27.0. The Hall–Kier alpha value is -3.64. The smallest absolute Gasteiger partial charge is 0.341 e. The van der Waals surface area contributed by atoms with Gasteiger partial charge >= 0.3 is 17.9 Å².